The lowest BCUT2D eigenvalue weighted by Gasteiger charge is -2.13. The number of hydrazone groups is 1. The summed E-state index contributed by atoms with van der Waals surface area (Å²) in [5.41, 5.74) is 1.12. The van der Waals surface area contributed by atoms with E-state index in [1.165, 1.54) is 0 Å². The van der Waals surface area contributed by atoms with Crippen LogP contribution in [0.3, 0.4) is 0 Å². The quantitative estimate of drug-likeness (QED) is 0.526. The molecule has 2 heteroatoms. The molecule has 0 radical (unpaired) electrons. The molecule has 2 nitrogen and oxygen atoms in total. The third-order valence-electron chi connectivity index (χ3n) is 2.27. The van der Waals surface area contributed by atoms with Crippen LogP contribution in [0.15, 0.2) is 35.4 Å². The molecule has 0 heterocycles. The maximum absolute atomic E-state index is 4.37. The highest BCUT2D eigenvalue weighted by Crippen LogP contribution is 2.11. The number of para-hydroxylation sites is 1. The number of benzene rings is 1. The molecule has 0 fully saturated rings. The molecule has 14 heavy (non-hydrogen) atoms. The van der Waals surface area contributed by atoms with Gasteiger partial charge >= 0.3 is 0 Å². The Labute approximate surface area is 86.2 Å². The molecule has 1 atom stereocenters. The summed E-state index contributed by atoms with van der Waals surface area (Å²) in [6.45, 7) is 4.33. The summed E-state index contributed by atoms with van der Waals surface area (Å²) in [6, 6.07) is 10.1. The van der Waals surface area contributed by atoms with E-state index in [1.807, 2.05) is 48.6 Å². The first kappa shape index (κ1) is 10.8. The van der Waals surface area contributed by atoms with Crippen LogP contribution in [0.1, 0.15) is 20.3 Å². The summed E-state index contributed by atoms with van der Waals surface area (Å²) in [7, 11) is 1.97. The number of rotatable bonds is 4. The molecule has 76 valence electrons. The monoisotopic (exact) mass is 190 g/mol. The average molecular weight is 190 g/mol. The first-order chi connectivity index (χ1) is 6.74. The van der Waals surface area contributed by atoms with Crippen molar-refractivity contribution in [2.24, 2.45) is 11.0 Å². The van der Waals surface area contributed by atoms with Gasteiger partial charge in [-0.1, -0.05) is 32.0 Å². The van der Waals surface area contributed by atoms with Crippen molar-refractivity contribution in [3.05, 3.63) is 30.3 Å². The molecule has 0 bridgehead atoms. The van der Waals surface area contributed by atoms with Crippen molar-refractivity contribution in [1.29, 1.82) is 0 Å². The molecule has 0 saturated carbocycles. The molecule has 1 unspecified atom stereocenters. The van der Waals surface area contributed by atoms with E-state index in [4.69, 9.17) is 0 Å². The molecule has 0 aromatic heterocycles. The van der Waals surface area contributed by atoms with E-state index in [1.54, 1.807) is 0 Å². The average Bonchev–Trinajstić information content (AvgIpc) is 2.26. The topological polar surface area (TPSA) is 15.6 Å². The predicted octanol–water partition coefficient (Wildman–Crippen LogP) is 3.15. The third kappa shape index (κ3) is 3.21. The number of nitrogens with zero attached hydrogens (tertiary/aromatic N) is 2. The van der Waals surface area contributed by atoms with Crippen LogP contribution in [0.5, 0.6) is 0 Å². The first-order valence-corrected chi connectivity index (χ1v) is 5.07. The van der Waals surface area contributed by atoms with E-state index >= 15 is 0 Å². The molecule has 0 amide bonds. The van der Waals surface area contributed by atoms with E-state index < -0.39 is 0 Å². The fourth-order valence-corrected chi connectivity index (χ4v) is 1.03. The standard InChI is InChI=1S/C12H18N2/c1-4-11(2)10-13-14(3)12-8-6-5-7-9-12/h5-11H,4H2,1-3H3/b13-10+. The maximum Gasteiger partial charge on any atom is 0.0590 e. The maximum atomic E-state index is 4.37. The van der Waals surface area contributed by atoms with Crippen molar-refractivity contribution in [1.82, 2.24) is 0 Å². The molecular weight excluding hydrogens is 172 g/mol. The Kier molecular flexibility index (Phi) is 4.17. The van der Waals surface area contributed by atoms with Gasteiger partial charge in [-0.05, 0) is 24.5 Å². The second kappa shape index (κ2) is 5.43. The van der Waals surface area contributed by atoms with Crippen LogP contribution >= 0.6 is 0 Å². The van der Waals surface area contributed by atoms with Crippen molar-refractivity contribution in [2.75, 3.05) is 12.1 Å². The molecule has 1 aromatic rings. The van der Waals surface area contributed by atoms with Gasteiger partial charge in [-0.2, -0.15) is 5.10 Å². The molecule has 0 saturated heterocycles. The van der Waals surface area contributed by atoms with Gasteiger partial charge in [0.05, 0.1) is 5.69 Å². The van der Waals surface area contributed by atoms with Gasteiger partial charge in [0.2, 0.25) is 0 Å². The lowest BCUT2D eigenvalue weighted by atomic mass is 10.1. The minimum Gasteiger partial charge on any atom is -0.269 e. The minimum atomic E-state index is 0.543. The fourth-order valence-electron chi connectivity index (χ4n) is 1.03. The zero-order valence-corrected chi connectivity index (χ0v) is 9.14. The van der Waals surface area contributed by atoms with E-state index in [-0.39, 0.29) is 0 Å². The van der Waals surface area contributed by atoms with Crippen molar-refractivity contribution in [3.8, 4) is 0 Å². The van der Waals surface area contributed by atoms with Crippen LogP contribution in [0.25, 0.3) is 0 Å². The zero-order chi connectivity index (χ0) is 10.4. The van der Waals surface area contributed by atoms with Gasteiger partial charge in [-0.15, -0.1) is 0 Å². The smallest absolute Gasteiger partial charge is 0.0590 e. The van der Waals surface area contributed by atoms with Crippen LogP contribution in [-0.2, 0) is 0 Å². The van der Waals surface area contributed by atoms with Crippen molar-refractivity contribution in [2.45, 2.75) is 20.3 Å². The van der Waals surface area contributed by atoms with E-state index in [0.29, 0.717) is 5.92 Å². The summed E-state index contributed by atoms with van der Waals surface area (Å²) in [5, 5.41) is 6.27. The van der Waals surface area contributed by atoms with Crippen LogP contribution in [0.4, 0.5) is 5.69 Å². The molecule has 0 aliphatic heterocycles. The van der Waals surface area contributed by atoms with Gasteiger partial charge in [-0.3, -0.25) is 5.01 Å². The molecule has 0 aliphatic rings. The van der Waals surface area contributed by atoms with E-state index in [9.17, 15) is 0 Å². The van der Waals surface area contributed by atoms with Gasteiger partial charge < -0.3 is 0 Å². The Balaban J connectivity index is 2.59. The summed E-state index contributed by atoms with van der Waals surface area (Å²) in [6.07, 6.45) is 3.12. The largest absolute Gasteiger partial charge is 0.269 e. The minimum absolute atomic E-state index is 0.543. The Hall–Kier alpha value is -1.31. The Bertz CT molecular complexity index is 280. The van der Waals surface area contributed by atoms with Crippen LogP contribution in [0.2, 0.25) is 0 Å². The Morgan fingerprint density at radius 1 is 1.36 bits per heavy atom. The lowest BCUT2D eigenvalue weighted by Crippen LogP contribution is -2.10. The Morgan fingerprint density at radius 3 is 2.57 bits per heavy atom. The molecular formula is C12H18N2. The van der Waals surface area contributed by atoms with Gasteiger partial charge in [0.25, 0.3) is 0 Å². The second-order valence-electron chi connectivity index (χ2n) is 3.51. The molecule has 0 spiro atoms. The van der Waals surface area contributed by atoms with Crippen LogP contribution < -0.4 is 5.01 Å². The summed E-state index contributed by atoms with van der Waals surface area (Å²) >= 11 is 0. The highest BCUT2D eigenvalue weighted by Gasteiger charge is 1.96. The number of hydrogen-bond donors (Lipinski definition) is 0. The van der Waals surface area contributed by atoms with Gasteiger partial charge in [0, 0.05) is 13.3 Å². The highest BCUT2D eigenvalue weighted by molar-refractivity contribution is 5.62. The van der Waals surface area contributed by atoms with Crippen molar-refractivity contribution in [3.63, 3.8) is 0 Å². The highest BCUT2D eigenvalue weighted by atomic mass is 15.4. The number of hydrogen-bond acceptors (Lipinski definition) is 2. The van der Waals surface area contributed by atoms with Gasteiger partial charge in [0.15, 0.2) is 0 Å². The van der Waals surface area contributed by atoms with Gasteiger partial charge in [0.1, 0.15) is 0 Å². The Morgan fingerprint density at radius 2 is 2.00 bits per heavy atom. The first-order valence-electron chi connectivity index (χ1n) is 5.07. The van der Waals surface area contributed by atoms with Crippen molar-refractivity contribution >= 4 is 11.9 Å². The normalized spacial score (nSPS) is 13.1. The fraction of sp³-hybridized carbons (Fsp3) is 0.417. The SMILES string of the molecule is CCC(C)/C=N/N(C)c1ccccc1. The molecule has 1 rings (SSSR count). The summed E-state index contributed by atoms with van der Waals surface area (Å²) < 4.78 is 0. The predicted molar refractivity (Wildman–Crippen MR) is 62.8 cm³/mol. The zero-order valence-electron chi connectivity index (χ0n) is 9.14. The van der Waals surface area contributed by atoms with E-state index in [2.05, 4.69) is 18.9 Å². The van der Waals surface area contributed by atoms with Crippen LogP contribution in [-0.4, -0.2) is 13.3 Å². The third-order valence-corrected chi connectivity index (χ3v) is 2.27. The lowest BCUT2D eigenvalue weighted by molar-refractivity contribution is 0.748. The van der Waals surface area contributed by atoms with Crippen molar-refractivity contribution < 1.29 is 0 Å². The summed E-state index contributed by atoms with van der Waals surface area (Å²) in [5.74, 6) is 0.543. The molecule has 1 aromatic carbocycles. The molecule has 0 aliphatic carbocycles. The molecule has 0 N–H and O–H groups in total. The summed E-state index contributed by atoms with van der Waals surface area (Å²) in [4.78, 5) is 0. The van der Waals surface area contributed by atoms with E-state index in [0.717, 1.165) is 12.1 Å². The van der Waals surface area contributed by atoms with Gasteiger partial charge in [-0.25, -0.2) is 0 Å². The second-order valence-corrected chi connectivity index (χ2v) is 3.51. The van der Waals surface area contributed by atoms with Crippen LogP contribution in [0, 0.1) is 5.92 Å². The number of anilines is 1.